The third-order valence-electron chi connectivity index (χ3n) is 4.52. The van der Waals surface area contributed by atoms with Gasteiger partial charge < -0.3 is 15.4 Å². The monoisotopic (exact) mass is 421 g/mol. The highest BCUT2D eigenvalue weighted by Gasteiger charge is 2.18. The molecule has 4 heterocycles. The van der Waals surface area contributed by atoms with E-state index in [1.54, 1.807) is 17.5 Å². The first-order valence-corrected chi connectivity index (χ1v) is 10.0. The Morgan fingerprint density at radius 2 is 2.32 bits per heavy atom. The number of nitrogens with zero attached hydrogens (tertiary/aromatic N) is 2. The largest absolute Gasteiger partial charge is 0.374 e. The van der Waals surface area contributed by atoms with Crippen LogP contribution in [0.1, 0.15) is 24.6 Å². The Hall–Kier alpha value is -1.32. The minimum absolute atomic E-state index is 0.557. The molecule has 8 heteroatoms. The summed E-state index contributed by atoms with van der Waals surface area (Å²) in [4.78, 5) is 13.2. The Morgan fingerprint density at radius 1 is 1.40 bits per heavy atom. The normalized spacial score (nSPS) is 19.4. The lowest BCUT2D eigenvalue weighted by Crippen LogP contribution is -2.37. The van der Waals surface area contributed by atoms with Crippen molar-refractivity contribution in [3.8, 4) is 10.7 Å². The zero-order valence-electron chi connectivity index (χ0n) is 13.6. The fourth-order valence-corrected chi connectivity index (χ4v) is 4.53. The van der Waals surface area contributed by atoms with Crippen LogP contribution in [0.5, 0.6) is 0 Å². The summed E-state index contributed by atoms with van der Waals surface area (Å²) in [5.41, 5.74) is 2.18. The second kappa shape index (κ2) is 7.51. The van der Waals surface area contributed by atoms with Crippen LogP contribution in [-0.2, 0) is 0 Å². The van der Waals surface area contributed by atoms with E-state index >= 15 is 0 Å². The van der Waals surface area contributed by atoms with Gasteiger partial charge in [0.05, 0.1) is 14.2 Å². The van der Waals surface area contributed by atoms with Crippen LogP contribution in [-0.4, -0.2) is 39.7 Å². The molecule has 1 saturated heterocycles. The molecule has 3 aromatic rings. The number of aromatic amines is 1. The predicted molar refractivity (Wildman–Crippen MR) is 103 cm³/mol. The summed E-state index contributed by atoms with van der Waals surface area (Å²) in [5.74, 6) is 1.33. The number of thiophene rings is 1. The number of aromatic nitrogens is 3. The molecule has 2 atom stereocenters. The molecule has 1 aliphatic rings. The number of aliphatic hydroxyl groups excluding tert-OH is 1. The first kappa shape index (κ1) is 17.1. The second-order valence-electron chi connectivity index (χ2n) is 6.31. The Bertz CT molecular complexity index is 858. The van der Waals surface area contributed by atoms with Crippen LogP contribution in [0, 0.1) is 5.92 Å². The van der Waals surface area contributed by atoms with E-state index in [-0.39, 0.29) is 0 Å². The van der Waals surface area contributed by atoms with Crippen LogP contribution in [0.15, 0.2) is 28.2 Å². The summed E-state index contributed by atoms with van der Waals surface area (Å²) in [6.45, 7) is 2.89. The van der Waals surface area contributed by atoms with Gasteiger partial charge in [0.1, 0.15) is 6.23 Å². The molecule has 0 amide bonds. The van der Waals surface area contributed by atoms with Gasteiger partial charge in [-0.2, -0.15) is 0 Å². The number of rotatable bonds is 5. The van der Waals surface area contributed by atoms with Gasteiger partial charge in [-0.1, -0.05) is 0 Å². The number of hydrogen-bond acceptors (Lipinski definition) is 6. The number of H-pyrrole nitrogens is 1. The quantitative estimate of drug-likeness (QED) is 0.475. The van der Waals surface area contributed by atoms with Gasteiger partial charge in [0.15, 0.2) is 11.5 Å². The average molecular weight is 422 g/mol. The molecule has 1 aliphatic heterocycles. The topological polar surface area (TPSA) is 85.9 Å². The van der Waals surface area contributed by atoms with Crippen molar-refractivity contribution in [3.05, 3.63) is 33.7 Å². The summed E-state index contributed by atoms with van der Waals surface area (Å²) in [5, 5.41) is 17.3. The number of imidazole rings is 1. The molecule has 4 rings (SSSR count). The molecule has 6 nitrogen and oxygen atoms in total. The smallest absolute Gasteiger partial charge is 0.178 e. The minimum atomic E-state index is -0.740. The van der Waals surface area contributed by atoms with Gasteiger partial charge in [-0.25, -0.2) is 9.97 Å². The van der Waals surface area contributed by atoms with Crippen LogP contribution >= 0.6 is 27.3 Å². The number of pyridine rings is 1. The molecule has 0 aliphatic carbocycles. The van der Waals surface area contributed by atoms with E-state index in [0.717, 1.165) is 45.2 Å². The standard InChI is InChI=1S/C17H20BrN5OS/c18-13-4-3-12(25-13)15-22-14-11(5-7-20-16(14)23-15)17(24)21-9-10-2-1-6-19-8-10/h3-5,7,10,17,19,21,24H,1-2,6,8-9H2,(H,20,22,23)/t10-,17?/m0/s1. The van der Waals surface area contributed by atoms with Gasteiger partial charge in [0, 0.05) is 18.3 Å². The van der Waals surface area contributed by atoms with Crippen molar-refractivity contribution < 1.29 is 5.11 Å². The summed E-state index contributed by atoms with van der Waals surface area (Å²) in [7, 11) is 0. The van der Waals surface area contributed by atoms with Gasteiger partial charge in [-0.05, 0) is 66.0 Å². The lowest BCUT2D eigenvalue weighted by atomic mass is 9.99. The highest BCUT2D eigenvalue weighted by atomic mass is 79.9. The minimum Gasteiger partial charge on any atom is -0.374 e. The highest BCUT2D eigenvalue weighted by Crippen LogP contribution is 2.31. The Morgan fingerprint density at radius 3 is 3.08 bits per heavy atom. The maximum Gasteiger partial charge on any atom is 0.178 e. The van der Waals surface area contributed by atoms with Gasteiger partial charge in [-0.3, -0.25) is 5.32 Å². The van der Waals surface area contributed by atoms with Gasteiger partial charge in [0.2, 0.25) is 0 Å². The van der Waals surface area contributed by atoms with Gasteiger partial charge in [0.25, 0.3) is 0 Å². The van der Waals surface area contributed by atoms with E-state index < -0.39 is 6.23 Å². The molecule has 4 N–H and O–H groups in total. The summed E-state index contributed by atoms with van der Waals surface area (Å²) in [6, 6.07) is 5.85. The van der Waals surface area contributed by atoms with Crippen molar-refractivity contribution in [2.45, 2.75) is 19.1 Å². The lowest BCUT2D eigenvalue weighted by Gasteiger charge is -2.24. The number of nitrogens with one attached hydrogen (secondary N) is 3. The van der Waals surface area contributed by atoms with Crippen LogP contribution in [0.4, 0.5) is 0 Å². The van der Waals surface area contributed by atoms with E-state index in [2.05, 4.69) is 41.5 Å². The van der Waals surface area contributed by atoms with Crippen molar-refractivity contribution in [1.29, 1.82) is 0 Å². The van der Waals surface area contributed by atoms with E-state index in [4.69, 9.17) is 0 Å². The number of hydrogen-bond donors (Lipinski definition) is 4. The fourth-order valence-electron chi connectivity index (χ4n) is 3.20. The first-order chi connectivity index (χ1) is 12.2. The third kappa shape index (κ3) is 3.78. The van der Waals surface area contributed by atoms with Crippen molar-refractivity contribution in [3.63, 3.8) is 0 Å². The number of aliphatic hydroxyl groups is 1. The Kier molecular flexibility index (Phi) is 5.14. The molecule has 0 spiro atoms. The molecule has 0 bridgehead atoms. The average Bonchev–Trinajstić information content (AvgIpc) is 3.26. The molecule has 25 heavy (non-hydrogen) atoms. The zero-order chi connectivity index (χ0) is 17.2. The highest BCUT2D eigenvalue weighted by molar-refractivity contribution is 9.11. The molecule has 132 valence electrons. The van der Waals surface area contributed by atoms with Crippen LogP contribution in [0.25, 0.3) is 21.9 Å². The summed E-state index contributed by atoms with van der Waals surface area (Å²) >= 11 is 5.08. The van der Waals surface area contributed by atoms with Crippen molar-refractivity contribution in [2.75, 3.05) is 19.6 Å². The van der Waals surface area contributed by atoms with Crippen molar-refractivity contribution in [2.24, 2.45) is 5.92 Å². The molecular weight excluding hydrogens is 402 g/mol. The lowest BCUT2D eigenvalue weighted by molar-refractivity contribution is 0.131. The van der Waals surface area contributed by atoms with Crippen LogP contribution < -0.4 is 10.6 Å². The van der Waals surface area contributed by atoms with E-state index in [1.165, 1.54) is 12.8 Å². The summed E-state index contributed by atoms with van der Waals surface area (Å²) in [6.07, 6.45) is 3.35. The molecule has 3 aromatic heterocycles. The third-order valence-corrected chi connectivity index (χ3v) is 6.15. The van der Waals surface area contributed by atoms with E-state index in [9.17, 15) is 5.11 Å². The number of halogens is 1. The Balaban J connectivity index is 1.55. The molecule has 1 unspecified atom stereocenters. The molecular formula is C17H20BrN5OS. The SMILES string of the molecule is OC(NC[C@H]1CCCNC1)c1ccnc2nc(-c3ccc(Br)s3)[nH]c12. The summed E-state index contributed by atoms with van der Waals surface area (Å²) < 4.78 is 1.05. The molecule has 0 aromatic carbocycles. The maximum absolute atomic E-state index is 10.6. The van der Waals surface area contributed by atoms with Crippen LogP contribution in [0.2, 0.25) is 0 Å². The van der Waals surface area contributed by atoms with Gasteiger partial charge >= 0.3 is 0 Å². The van der Waals surface area contributed by atoms with E-state index in [1.807, 2.05) is 18.2 Å². The van der Waals surface area contributed by atoms with E-state index in [0.29, 0.717) is 11.6 Å². The van der Waals surface area contributed by atoms with Crippen molar-refractivity contribution in [1.82, 2.24) is 25.6 Å². The number of piperidine rings is 1. The molecule has 1 fully saturated rings. The Labute approximate surface area is 158 Å². The first-order valence-electron chi connectivity index (χ1n) is 8.43. The molecule has 0 radical (unpaired) electrons. The zero-order valence-corrected chi connectivity index (χ0v) is 16.0. The predicted octanol–water partition coefficient (Wildman–Crippen LogP) is 3.03. The number of fused-ring (bicyclic) bond motifs is 1. The second-order valence-corrected chi connectivity index (χ2v) is 8.77. The van der Waals surface area contributed by atoms with Gasteiger partial charge in [-0.15, -0.1) is 11.3 Å². The van der Waals surface area contributed by atoms with Crippen LogP contribution in [0.3, 0.4) is 0 Å². The molecule has 0 saturated carbocycles. The van der Waals surface area contributed by atoms with Crippen molar-refractivity contribution >= 4 is 38.4 Å². The fraction of sp³-hybridized carbons (Fsp3) is 0.412. The maximum atomic E-state index is 10.6.